The maximum Gasteiger partial charge on any atom is 0.219 e. The molecule has 0 bridgehead atoms. The molecule has 4 rings (SSSR count). The minimum atomic E-state index is -1.24. The zero-order valence-corrected chi connectivity index (χ0v) is 20.7. The van der Waals surface area contributed by atoms with Crippen molar-refractivity contribution in [3.63, 3.8) is 0 Å². The first-order chi connectivity index (χ1) is 16.8. The summed E-state index contributed by atoms with van der Waals surface area (Å²) in [6.07, 6.45) is 1.26. The van der Waals surface area contributed by atoms with Crippen molar-refractivity contribution in [1.29, 1.82) is 0 Å². The minimum Gasteiger partial charge on any atom is -0.497 e. The molecule has 2 heterocycles. The lowest BCUT2D eigenvalue weighted by molar-refractivity contribution is -0.132. The highest BCUT2D eigenvalue weighted by atomic mass is 16.5. The first-order valence-electron chi connectivity index (χ1n) is 12.3. The lowest BCUT2D eigenvalue weighted by atomic mass is 9.90. The van der Waals surface area contributed by atoms with Crippen molar-refractivity contribution >= 4 is 11.6 Å². The molecule has 2 N–H and O–H groups in total. The van der Waals surface area contributed by atoms with Gasteiger partial charge in [-0.15, -0.1) is 0 Å². The van der Waals surface area contributed by atoms with Crippen molar-refractivity contribution in [2.24, 2.45) is 0 Å². The van der Waals surface area contributed by atoms with Crippen LogP contribution in [0.3, 0.4) is 0 Å². The number of anilines is 1. The number of hydrogen-bond acceptors (Lipinski definition) is 7. The second-order valence-corrected chi connectivity index (χ2v) is 9.89. The van der Waals surface area contributed by atoms with Crippen molar-refractivity contribution in [3.8, 4) is 11.5 Å². The Kier molecular flexibility index (Phi) is 7.84. The average Bonchev–Trinajstić information content (AvgIpc) is 3.03. The summed E-state index contributed by atoms with van der Waals surface area (Å²) in [5.74, 6) is 1.43. The van der Waals surface area contributed by atoms with Crippen LogP contribution in [0.2, 0.25) is 0 Å². The van der Waals surface area contributed by atoms with Gasteiger partial charge in [0.2, 0.25) is 5.91 Å². The van der Waals surface area contributed by atoms with E-state index in [4.69, 9.17) is 9.47 Å². The van der Waals surface area contributed by atoms with Gasteiger partial charge in [-0.1, -0.05) is 18.2 Å². The standard InChI is InChI=1S/C27H37N3O5/c1-22(31)30-17-16-28(19-27(33,20-30)21-35-25-6-4-3-5-7-25)18-26(32)12-14-29(15-13-26)23-8-10-24(34-2)11-9-23/h3-11,32-33H,12-21H2,1-2H3. The van der Waals surface area contributed by atoms with Crippen LogP contribution in [0.15, 0.2) is 54.6 Å². The predicted molar refractivity (Wildman–Crippen MR) is 135 cm³/mol. The number of rotatable bonds is 7. The summed E-state index contributed by atoms with van der Waals surface area (Å²) in [6.45, 7) is 5.17. The molecule has 1 atom stereocenters. The highest BCUT2D eigenvalue weighted by molar-refractivity contribution is 5.73. The zero-order chi connectivity index (χ0) is 24.9. The first kappa shape index (κ1) is 25.3. The third-order valence-electron chi connectivity index (χ3n) is 7.03. The van der Waals surface area contributed by atoms with Crippen LogP contribution in [0.25, 0.3) is 0 Å². The molecule has 0 radical (unpaired) electrons. The molecule has 2 aromatic carbocycles. The molecule has 0 spiro atoms. The summed E-state index contributed by atoms with van der Waals surface area (Å²) in [4.78, 5) is 18.2. The van der Waals surface area contributed by atoms with Gasteiger partial charge in [0, 0.05) is 51.9 Å². The molecule has 1 amide bonds. The molecular formula is C27H37N3O5. The third-order valence-corrected chi connectivity index (χ3v) is 7.03. The fourth-order valence-electron chi connectivity index (χ4n) is 5.02. The number of carbonyl (C=O) groups is 1. The van der Waals surface area contributed by atoms with Gasteiger partial charge in [-0.05, 0) is 49.2 Å². The second-order valence-electron chi connectivity index (χ2n) is 9.89. The van der Waals surface area contributed by atoms with E-state index in [9.17, 15) is 15.0 Å². The Labute approximate surface area is 207 Å². The highest BCUT2D eigenvalue weighted by Gasteiger charge is 2.40. The average molecular weight is 484 g/mol. The highest BCUT2D eigenvalue weighted by Crippen LogP contribution is 2.29. The normalized spacial score (nSPS) is 23.0. The molecule has 2 aliphatic heterocycles. The molecule has 0 aromatic heterocycles. The van der Waals surface area contributed by atoms with E-state index in [2.05, 4.69) is 9.80 Å². The van der Waals surface area contributed by atoms with Crippen molar-refractivity contribution < 1.29 is 24.5 Å². The van der Waals surface area contributed by atoms with Gasteiger partial charge in [0.25, 0.3) is 0 Å². The molecule has 2 fully saturated rings. The van der Waals surface area contributed by atoms with Gasteiger partial charge in [0.05, 0.1) is 19.3 Å². The molecule has 0 saturated carbocycles. The van der Waals surface area contributed by atoms with Gasteiger partial charge in [-0.2, -0.15) is 0 Å². The summed E-state index contributed by atoms with van der Waals surface area (Å²) in [7, 11) is 1.66. The number of para-hydroxylation sites is 1. The molecule has 2 aliphatic rings. The topological polar surface area (TPSA) is 85.7 Å². The summed E-state index contributed by atoms with van der Waals surface area (Å²) >= 11 is 0. The van der Waals surface area contributed by atoms with E-state index in [0.29, 0.717) is 44.8 Å². The lowest BCUT2D eigenvalue weighted by Crippen LogP contribution is -2.55. The van der Waals surface area contributed by atoms with E-state index in [1.807, 2.05) is 54.6 Å². The van der Waals surface area contributed by atoms with Gasteiger partial charge < -0.3 is 29.5 Å². The Hall–Kier alpha value is -2.81. The van der Waals surface area contributed by atoms with Crippen molar-refractivity contribution in [3.05, 3.63) is 54.6 Å². The zero-order valence-electron chi connectivity index (χ0n) is 20.7. The van der Waals surface area contributed by atoms with Crippen molar-refractivity contribution in [1.82, 2.24) is 9.80 Å². The number of benzene rings is 2. The lowest BCUT2D eigenvalue weighted by Gasteiger charge is -2.42. The number of aliphatic hydroxyl groups is 2. The number of amides is 1. The van der Waals surface area contributed by atoms with Crippen LogP contribution in [-0.2, 0) is 4.79 Å². The molecule has 8 heteroatoms. The molecule has 190 valence electrons. The number of ether oxygens (including phenoxy) is 2. The number of carbonyl (C=O) groups excluding carboxylic acids is 1. The largest absolute Gasteiger partial charge is 0.497 e. The monoisotopic (exact) mass is 483 g/mol. The van der Waals surface area contributed by atoms with Crippen LogP contribution in [0, 0.1) is 0 Å². The summed E-state index contributed by atoms with van der Waals surface area (Å²) in [5.41, 5.74) is -0.972. The predicted octanol–water partition coefficient (Wildman–Crippen LogP) is 2.00. The van der Waals surface area contributed by atoms with Gasteiger partial charge in [-0.25, -0.2) is 0 Å². The number of nitrogens with zero attached hydrogens (tertiary/aromatic N) is 3. The summed E-state index contributed by atoms with van der Waals surface area (Å²) in [5, 5.41) is 22.9. The molecule has 8 nitrogen and oxygen atoms in total. The van der Waals surface area contributed by atoms with Crippen LogP contribution in [-0.4, -0.2) is 96.7 Å². The number of β-amino-alcohol motifs (C(OH)–C–C–N with tert-alkyl or cyclic N) is 2. The van der Waals surface area contributed by atoms with Crippen LogP contribution >= 0.6 is 0 Å². The first-order valence-corrected chi connectivity index (χ1v) is 12.3. The Balaban J connectivity index is 1.39. The maximum absolute atomic E-state index is 12.2. The molecule has 2 aromatic rings. The molecule has 1 unspecified atom stereocenters. The van der Waals surface area contributed by atoms with Gasteiger partial charge in [0.15, 0.2) is 0 Å². The van der Waals surface area contributed by atoms with Crippen LogP contribution in [0.5, 0.6) is 11.5 Å². The van der Waals surface area contributed by atoms with Gasteiger partial charge in [-0.3, -0.25) is 9.69 Å². The molecule has 0 aliphatic carbocycles. The fraction of sp³-hybridized carbons (Fsp3) is 0.519. The Morgan fingerprint density at radius 1 is 0.886 bits per heavy atom. The van der Waals surface area contributed by atoms with Crippen LogP contribution in [0.4, 0.5) is 5.69 Å². The number of piperidine rings is 1. The minimum absolute atomic E-state index is 0.0704. The van der Waals surface area contributed by atoms with Gasteiger partial charge in [0.1, 0.15) is 23.7 Å². The quantitative estimate of drug-likeness (QED) is 0.623. The molecule has 35 heavy (non-hydrogen) atoms. The third kappa shape index (κ3) is 6.66. The van der Waals surface area contributed by atoms with E-state index < -0.39 is 11.2 Å². The van der Waals surface area contributed by atoms with Gasteiger partial charge >= 0.3 is 0 Å². The van der Waals surface area contributed by atoms with E-state index in [0.717, 1.165) is 24.5 Å². The smallest absolute Gasteiger partial charge is 0.219 e. The second kappa shape index (κ2) is 10.8. The van der Waals surface area contributed by atoms with E-state index >= 15 is 0 Å². The summed E-state index contributed by atoms with van der Waals surface area (Å²) < 4.78 is 11.1. The Morgan fingerprint density at radius 3 is 2.20 bits per heavy atom. The van der Waals surface area contributed by atoms with E-state index in [-0.39, 0.29) is 19.1 Å². The van der Waals surface area contributed by atoms with Crippen LogP contribution in [0.1, 0.15) is 19.8 Å². The van der Waals surface area contributed by atoms with Crippen LogP contribution < -0.4 is 14.4 Å². The van der Waals surface area contributed by atoms with Crippen molar-refractivity contribution in [2.75, 3.05) is 64.4 Å². The number of hydrogen-bond donors (Lipinski definition) is 2. The fourth-order valence-corrected chi connectivity index (χ4v) is 5.02. The Bertz CT molecular complexity index is 963. The summed E-state index contributed by atoms with van der Waals surface area (Å²) in [6, 6.07) is 17.4. The van der Waals surface area contributed by atoms with Crippen molar-refractivity contribution in [2.45, 2.75) is 31.0 Å². The molecular weight excluding hydrogens is 446 g/mol. The van der Waals surface area contributed by atoms with E-state index in [1.165, 1.54) is 6.92 Å². The Morgan fingerprint density at radius 2 is 1.57 bits per heavy atom. The maximum atomic E-state index is 12.2. The SMILES string of the molecule is COc1ccc(N2CCC(O)(CN3CCN(C(C)=O)CC(O)(COc4ccccc4)C3)CC2)cc1. The van der Waals surface area contributed by atoms with E-state index in [1.54, 1.807) is 12.0 Å². The number of methoxy groups -OCH3 is 1. The molecule has 2 saturated heterocycles.